The van der Waals surface area contributed by atoms with E-state index in [1.165, 1.54) is 56.6 Å². The average Bonchev–Trinajstić information content (AvgIpc) is 2.89. The Bertz CT molecular complexity index is 665. The van der Waals surface area contributed by atoms with Crippen molar-refractivity contribution in [3.05, 3.63) is 35.5 Å². The first-order chi connectivity index (χ1) is 10.7. The van der Waals surface area contributed by atoms with Crippen LogP contribution < -0.4 is 0 Å². The van der Waals surface area contributed by atoms with Crippen LogP contribution in [0.25, 0.3) is 10.9 Å². The Labute approximate surface area is 132 Å². The summed E-state index contributed by atoms with van der Waals surface area (Å²) in [5, 5.41) is 1.23. The van der Waals surface area contributed by atoms with Crippen LogP contribution in [0.5, 0.6) is 0 Å². The predicted molar refractivity (Wildman–Crippen MR) is 89.2 cm³/mol. The number of fused-ring (bicyclic) bond motifs is 1. The Kier molecular flexibility index (Phi) is 4.51. The van der Waals surface area contributed by atoms with Gasteiger partial charge in [-0.2, -0.15) is 0 Å². The fourth-order valence-electron chi connectivity index (χ4n) is 3.70. The number of methoxy groups -OCH3 is 1. The summed E-state index contributed by atoms with van der Waals surface area (Å²) in [6.45, 7) is 3.18. The highest BCUT2D eigenvalue weighted by atomic mass is 16.5. The molecule has 1 aliphatic rings. The number of hydrogen-bond donors (Lipinski definition) is 0. The molecule has 3 nitrogen and oxygen atoms in total. The maximum atomic E-state index is 11.7. The van der Waals surface area contributed by atoms with E-state index >= 15 is 0 Å². The van der Waals surface area contributed by atoms with E-state index < -0.39 is 0 Å². The second kappa shape index (κ2) is 6.55. The normalized spacial score (nSPS) is 16.1. The van der Waals surface area contributed by atoms with E-state index in [-0.39, 0.29) is 5.97 Å². The van der Waals surface area contributed by atoms with Crippen molar-refractivity contribution in [2.45, 2.75) is 52.0 Å². The van der Waals surface area contributed by atoms with Crippen molar-refractivity contribution >= 4 is 16.9 Å². The summed E-state index contributed by atoms with van der Waals surface area (Å²) in [5.41, 5.74) is 3.05. The van der Waals surface area contributed by atoms with Gasteiger partial charge in [-0.1, -0.05) is 38.2 Å². The first-order valence-corrected chi connectivity index (χ1v) is 8.37. The molecule has 0 atom stereocenters. The van der Waals surface area contributed by atoms with Crippen LogP contribution in [-0.4, -0.2) is 17.6 Å². The van der Waals surface area contributed by atoms with Crippen molar-refractivity contribution < 1.29 is 9.53 Å². The van der Waals surface area contributed by atoms with E-state index in [4.69, 9.17) is 4.74 Å². The van der Waals surface area contributed by atoms with E-state index in [0.29, 0.717) is 5.56 Å². The van der Waals surface area contributed by atoms with E-state index in [1.807, 2.05) is 18.2 Å². The number of nitrogens with zero attached hydrogens (tertiary/aromatic N) is 1. The summed E-state index contributed by atoms with van der Waals surface area (Å²) in [7, 11) is 1.43. The maximum absolute atomic E-state index is 11.7. The standard InChI is InChI=1S/C19H25NO2/c1-14-13-20(11-10-15-6-4-3-5-7-15)18-12-16(19(21)22-2)8-9-17(14)18/h8-9,12-13,15H,3-7,10-11H2,1-2H3. The third-order valence-corrected chi connectivity index (χ3v) is 5.01. The Hall–Kier alpha value is -1.77. The number of aryl methyl sites for hydroxylation is 2. The first kappa shape index (κ1) is 15.1. The van der Waals surface area contributed by atoms with Crippen LogP contribution >= 0.6 is 0 Å². The van der Waals surface area contributed by atoms with Crippen molar-refractivity contribution in [3.8, 4) is 0 Å². The molecular formula is C19H25NO2. The Balaban J connectivity index is 1.83. The minimum absolute atomic E-state index is 0.264. The molecular weight excluding hydrogens is 274 g/mol. The lowest BCUT2D eigenvalue weighted by atomic mass is 9.87. The van der Waals surface area contributed by atoms with Crippen LogP contribution in [0.4, 0.5) is 0 Å². The van der Waals surface area contributed by atoms with Gasteiger partial charge in [-0.15, -0.1) is 0 Å². The van der Waals surface area contributed by atoms with Crippen LogP contribution in [0, 0.1) is 12.8 Å². The molecule has 2 aromatic rings. The molecule has 1 aliphatic carbocycles. The molecule has 1 aromatic carbocycles. The molecule has 1 fully saturated rings. The molecule has 1 aromatic heterocycles. The van der Waals surface area contributed by atoms with Crippen LogP contribution in [-0.2, 0) is 11.3 Å². The average molecular weight is 299 g/mol. The maximum Gasteiger partial charge on any atom is 0.337 e. The van der Waals surface area contributed by atoms with Gasteiger partial charge < -0.3 is 9.30 Å². The summed E-state index contributed by atoms with van der Waals surface area (Å²) in [5.74, 6) is 0.606. The molecule has 0 aliphatic heterocycles. The number of esters is 1. The number of carbonyl (C=O) groups is 1. The minimum atomic E-state index is -0.264. The number of hydrogen-bond acceptors (Lipinski definition) is 2. The Morgan fingerprint density at radius 2 is 2.05 bits per heavy atom. The zero-order valence-corrected chi connectivity index (χ0v) is 13.6. The Morgan fingerprint density at radius 1 is 1.27 bits per heavy atom. The molecule has 22 heavy (non-hydrogen) atoms. The fraction of sp³-hybridized carbons (Fsp3) is 0.526. The lowest BCUT2D eigenvalue weighted by molar-refractivity contribution is 0.0601. The molecule has 0 radical (unpaired) electrons. The van der Waals surface area contributed by atoms with Crippen LogP contribution in [0.1, 0.15) is 54.4 Å². The van der Waals surface area contributed by atoms with Gasteiger partial charge in [-0.25, -0.2) is 4.79 Å². The number of aromatic nitrogens is 1. The van der Waals surface area contributed by atoms with E-state index in [0.717, 1.165) is 18.0 Å². The monoisotopic (exact) mass is 299 g/mol. The molecule has 3 rings (SSSR count). The molecule has 0 bridgehead atoms. The predicted octanol–water partition coefficient (Wildman–Crippen LogP) is 4.71. The van der Waals surface area contributed by atoms with Crippen molar-refractivity contribution in [2.75, 3.05) is 7.11 Å². The number of rotatable bonds is 4. The highest BCUT2D eigenvalue weighted by molar-refractivity contribution is 5.95. The first-order valence-electron chi connectivity index (χ1n) is 8.37. The summed E-state index contributed by atoms with van der Waals surface area (Å²) in [6, 6.07) is 5.86. The molecule has 0 unspecified atom stereocenters. The fourth-order valence-corrected chi connectivity index (χ4v) is 3.70. The highest BCUT2D eigenvalue weighted by Crippen LogP contribution is 2.28. The van der Waals surface area contributed by atoms with Crippen molar-refractivity contribution in [2.24, 2.45) is 5.92 Å². The van der Waals surface area contributed by atoms with Gasteiger partial charge in [0.2, 0.25) is 0 Å². The van der Waals surface area contributed by atoms with E-state index in [9.17, 15) is 4.79 Å². The third-order valence-electron chi connectivity index (χ3n) is 5.01. The quantitative estimate of drug-likeness (QED) is 0.766. The second-order valence-electron chi connectivity index (χ2n) is 6.52. The summed E-state index contributed by atoms with van der Waals surface area (Å²) < 4.78 is 7.15. The van der Waals surface area contributed by atoms with E-state index in [1.54, 1.807) is 0 Å². The SMILES string of the molecule is COC(=O)c1ccc2c(C)cn(CCC3CCCCC3)c2c1. The lowest BCUT2D eigenvalue weighted by Crippen LogP contribution is -2.10. The zero-order valence-electron chi connectivity index (χ0n) is 13.6. The number of carbonyl (C=O) groups excluding carboxylic acids is 1. The summed E-state index contributed by atoms with van der Waals surface area (Å²) in [4.78, 5) is 11.7. The van der Waals surface area contributed by atoms with Gasteiger partial charge in [-0.05, 0) is 37.0 Å². The topological polar surface area (TPSA) is 31.2 Å². The summed E-state index contributed by atoms with van der Waals surface area (Å²) in [6.07, 6.45) is 10.4. The lowest BCUT2D eigenvalue weighted by Gasteiger charge is -2.21. The summed E-state index contributed by atoms with van der Waals surface area (Å²) >= 11 is 0. The van der Waals surface area contributed by atoms with Crippen molar-refractivity contribution in [1.82, 2.24) is 4.57 Å². The molecule has 118 valence electrons. The van der Waals surface area contributed by atoms with Gasteiger partial charge >= 0.3 is 5.97 Å². The molecule has 0 saturated heterocycles. The molecule has 0 N–H and O–H groups in total. The number of ether oxygens (including phenoxy) is 1. The molecule has 1 saturated carbocycles. The van der Waals surface area contributed by atoms with Crippen LogP contribution in [0.15, 0.2) is 24.4 Å². The third kappa shape index (κ3) is 3.03. The zero-order chi connectivity index (χ0) is 15.5. The Morgan fingerprint density at radius 3 is 2.77 bits per heavy atom. The highest BCUT2D eigenvalue weighted by Gasteiger charge is 2.15. The minimum Gasteiger partial charge on any atom is -0.465 e. The van der Waals surface area contributed by atoms with Crippen LogP contribution in [0.3, 0.4) is 0 Å². The van der Waals surface area contributed by atoms with Gasteiger partial charge in [0.05, 0.1) is 12.7 Å². The van der Waals surface area contributed by atoms with Crippen molar-refractivity contribution in [3.63, 3.8) is 0 Å². The number of benzene rings is 1. The van der Waals surface area contributed by atoms with Crippen molar-refractivity contribution in [1.29, 1.82) is 0 Å². The van der Waals surface area contributed by atoms with E-state index in [2.05, 4.69) is 17.7 Å². The van der Waals surface area contributed by atoms with Crippen LogP contribution in [0.2, 0.25) is 0 Å². The van der Waals surface area contributed by atoms with Gasteiger partial charge in [0.1, 0.15) is 0 Å². The van der Waals surface area contributed by atoms with Gasteiger partial charge in [0.15, 0.2) is 0 Å². The molecule has 0 amide bonds. The van der Waals surface area contributed by atoms with Gasteiger partial charge in [0, 0.05) is 23.6 Å². The molecule has 3 heteroatoms. The second-order valence-corrected chi connectivity index (χ2v) is 6.52. The largest absolute Gasteiger partial charge is 0.465 e. The molecule has 0 spiro atoms. The smallest absolute Gasteiger partial charge is 0.337 e. The molecule has 1 heterocycles. The van der Waals surface area contributed by atoms with Gasteiger partial charge in [0.25, 0.3) is 0 Å². The van der Waals surface area contributed by atoms with Gasteiger partial charge in [-0.3, -0.25) is 0 Å².